The van der Waals surface area contributed by atoms with E-state index in [0.29, 0.717) is 12.1 Å². The minimum atomic E-state index is -0.235. The molecule has 2 aromatic heterocycles. The number of amides is 1. The molecule has 0 aliphatic rings. The van der Waals surface area contributed by atoms with Crippen LogP contribution in [-0.4, -0.2) is 15.9 Å². The van der Waals surface area contributed by atoms with Crippen molar-refractivity contribution in [3.63, 3.8) is 0 Å². The zero-order valence-electron chi connectivity index (χ0n) is 9.81. The summed E-state index contributed by atoms with van der Waals surface area (Å²) in [5.41, 5.74) is 0.381. The molecule has 2 aromatic rings. The van der Waals surface area contributed by atoms with Gasteiger partial charge in [0, 0.05) is 17.3 Å². The Morgan fingerprint density at radius 2 is 2.33 bits per heavy atom. The van der Waals surface area contributed by atoms with E-state index in [1.54, 1.807) is 29.7 Å². The molecular weight excluding hydrogens is 270 g/mol. The predicted octanol–water partition coefficient (Wildman–Crippen LogP) is 2.68. The van der Waals surface area contributed by atoms with Gasteiger partial charge < -0.3 is 5.32 Å². The van der Waals surface area contributed by atoms with Crippen LogP contribution in [0.4, 0.5) is 0 Å². The van der Waals surface area contributed by atoms with Crippen LogP contribution in [0.15, 0.2) is 24.5 Å². The number of halogens is 1. The Labute approximate surface area is 114 Å². The van der Waals surface area contributed by atoms with Gasteiger partial charge in [-0.2, -0.15) is 0 Å². The van der Waals surface area contributed by atoms with Gasteiger partial charge in [-0.25, -0.2) is 9.97 Å². The fraction of sp³-hybridized carbons (Fsp3) is 0.250. The van der Waals surface area contributed by atoms with Crippen molar-refractivity contribution in [3.8, 4) is 0 Å². The zero-order chi connectivity index (χ0) is 13.0. The Hall–Kier alpha value is -1.46. The van der Waals surface area contributed by atoms with Crippen molar-refractivity contribution in [1.29, 1.82) is 0 Å². The molecule has 0 saturated carbocycles. The van der Waals surface area contributed by atoms with Crippen molar-refractivity contribution < 1.29 is 4.79 Å². The maximum absolute atomic E-state index is 11.9. The third-order valence-electron chi connectivity index (χ3n) is 2.35. The minimum Gasteiger partial charge on any atom is -0.345 e. The van der Waals surface area contributed by atoms with Crippen molar-refractivity contribution in [2.75, 3.05) is 0 Å². The van der Waals surface area contributed by atoms with E-state index in [4.69, 9.17) is 11.6 Å². The minimum absolute atomic E-state index is 0.211. The molecule has 1 amide bonds. The largest absolute Gasteiger partial charge is 0.345 e. The van der Waals surface area contributed by atoms with Gasteiger partial charge in [-0.3, -0.25) is 4.79 Å². The molecular formula is C12H12ClN3OS. The molecule has 4 nitrogen and oxygen atoms in total. The number of aryl methyl sites for hydroxylation is 1. The summed E-state index contributed by atoms with van der Waals surface area (Å²) in [5, 5.41) is 3.88. The third-order valence-corrected chi connectivity index (χ3v) is 3.80. The monoisotopic (exact) mass is 281 g/mol. The third kappa shape index (κ3) is 3.05. The van der Waals surface area contributed by atoms with Crippen molar-refractivity contribution >= 4 is 28.8 Å². The van der Waals surface area contributed by atoms with Gasteiger partial charge >= 0.3 is 0 Å². The molecule has 18 heavy (non-hydrogen) atoms. The van der Waals surface area contributed by atoms with E-state index in [1.807, 2.05) is 6.20 Å². The molecule has 1 N–H and O–H groups in total. The number of pyridine rings is 1. The second-order valence-corrected chi connectivity index (χ2v) is 5.16. The first-order valence-corrected chi connectivity index (χ1v) is 6.72. The van der Waals surface area contributed by atoms with Crippen LogP contribution in [0.25, 0.3) is 0 Å². The quantitative estimate of drug-likeness (QED) is 0.877. The molecule has 0 atom stereocenters. The Bertz CT molecular complexity index is 556. The Balaban J connectivity index is 1.98. The van der Waals surface area contributed by atoms with E-state index in [2.05, 4.69) is 22.2 Å². The second kappa shape index (κ2) is 5.93. The number of thiazole rings is 1. The summed E-state index contributed by atoms with van der Waals surface area (Å²) in [6, 6.07) is 3.32. The van der Waals surface area contributed by atoms with Crippen molar-refractivity contribution in [2.45, 2.75) is 19.9 Å². The van der Waals surface area contributed by atoms with Crippen LogP contribution in [0.3, 0.4) is 0 Å². The highest BCUT2D eigenvalue weighted by Gasteiger charge is 2.10. The van der Waals surface area contributed by atoms with Gasteiger partial charge in [0.25, 0.3) is 5.91 Å². The summed E-state index contributed by atoms with van der Waals surface area (Å²) >= 11 is 7.44. The van der Waals surface area contributed by atoms with E-state index in [0.717, 1.165) is 11.4 Å². The van der Waals surface area contributed by atoms with Crippen molar-refractivity contribution in [1.82, 2.24) is 15.3 Å². The van der Waals surface area contributed by atoms with Crippen LogP contribution in [0.1, 0.15) is 27.2 Å². The second-order valence-electron chi connectivity index (χ2n) is 3.60. The zero-order valence-corrected chi connectivity index (χ0v) is 11.4. The number of hydrogen-bond acceptors (Lipinski definition) is 4. The molecule has 0 spiro atoms. The van der Waals surface area contributed by atoms with Gasteiger partial charge in [0.2, 0.25) is 0 Å². The summed E-state index contributed by atoms with van der Waals surface area (Å²) in [7, 11) is 0. The lowest BCUT2D eigenvalue weighted by atomic mass is 10.3. The molecule has 2 heterocycles. The lowest BCUT2D eigenvalue weighted by Crippen LogP contribution is -2.23. The smallest absolute Gasteiger partial charge is 0.254 e. The molecule has 94 valence electrons. The van der Waals surface area contributed by atoms with E-state index >= 15 is 0 Å². The number of hydrogen-bond donors (Lipinski definition) is 1. The van der Waals surface area contributed by atoms with Gasteiger partial charge in [0.15, 0.2) is 0 Å². The fourth-order valence-electron chi connectivity index (χ4n) is 1.40. The van der Waals surface area contributed by atoms with Crippen LogP contribution in [-0.2, 0) is 13.0 Å². The number of nitrogens with one attached hydrogen (secondary N) is 1. The molecule has 0 fully saturated rings. The molecule has 0 radical (unpaired) electrons. The van der Waals surface area contributed by atoms with Crippen LogP contribution in [0, 0.1) is 0 Å². The Morgan fingerprint density at radius 1 is 1.50 bits per heavy atom. The van der Waals surface area contributed by atoms with Gasteiger partial charge in [0.1, 0.15) is 10.2 Å². The first-order chi connectivity index (χ1) is 8.70. The summed E-state index contributed by atoms with van der Waals surface area (Å²) < 4.78 is 0. The summed E-state index contributed by atoms with van der Waals surface area (Å²) in [4.78, 5) is 21.2. The van der Waals surface area contributed by atoms with Crippen molar-refractivity contribution in [3.05, 3.63) is 45.1 Å². The highest BCUT2D eigenvalue weighted by molar-refractivity contribution is 7.11. The van der Waals surface area contributed by atoms with Gasteiger partial charge in [-0.05, 0) is 18.6 Å². The summed E-state index contributed by atoms with van der Waals surface area (Å²) in [6.07, 6.45) is 4.34. The summed E-state index contributed by atoms with van der Waals surface area (Å²) in [6.45, 7) is 2.49. The lowest BCUT2D eigenvalue weighted by Gasteiger charge is -2.03. The maximum atomic E-state index is 11.9. The average molecular weight is 282 g/mol. The van der Waals surface area contributed by atoms with E-state index in [-0.39, 0.29) is 11.1 Å². The molecule has 0 saturated heterocycles. The fourth-order valence-corrected chi connectivity index (χ4v) is 2.41. The van der Waals surface area contributed by atoms with E-state index < -0.39 is 0 Å². The molecule has 6 heteroatoms. The molecule has 2 rings (SSSR count). The van der Waals surface area contributed by atoms with Crippen LogP contribution < -0.4 is 5.32 Å². The van der Waals surface area contributed by atoms with Crippen molar-refractivity contribution in [2.24, 2.45) is 0 Å². The van der Waals surface area contributed by atoms with E-state index in [9.17, 15) is 4.79 Å². The molecule has 0 aliphatic heterocycles. The van der Waals surface area contributed by atoms with Crippen LogP contribution in [0.5, 0.6) is 0 Å². The van der Waals surface area contributed by atoms with Crippen LogP contribution >= 0.6 is 22.9 Å². The molecule has 0 unspecified atom stereocenters. The highest BCUT2D eigenvalue weighted by atomic mass is 35.5. The van der Waals surface area contributed by atoms with Gasteiger partial charge in [0.05, 0.1) is 12.1 Å². The van der Waals surface area contributed by atoms with Gasteiger partial charge in [-0.1, -0.05) is 18.5 Å². The summed E-state index contributed by atoms with van der Waals surface area (Å²) in [5.74, 6) is -0.235. The maximum Gasteiger partial charge on any atom is 0.254 e. The van der Waals surface area contributed by atoms with E-state index in [1.165, 1.54) is 4.88 Å². The standard InChI is InChI=1S/C12H12ClN3OS/c1-2-8-6-15-10(18-8)7-16-12(17)9-4-3-5-14-11(9)13/h3-6H,2,7H2,1H3,(H,16,17). The molecule has 0 bridgehead atoms. The highest BCUT2D eigenvalue weighted by Crippen LogP contribution is 2.14. The normalized spacial score (nSPS) is 10.3. The number of aromatic nitrogens is 2. The SMILES string of the molecule is CCc1cnc(CNC(=O)c2cccnc2Cl)s1. The molecule has 0 aliphatic carbocycles. The molecule has 0 aromatic carbocycles. The number of carbonyl (C=O) groups is 1. The predicted molar refractivity (Wildman–Crippen MR) is 71.9 cm³/mol. The topological polar surface area (TPSA) is 54.9 Å². The number of nitrogens with zero attached hydrogens (tertiary/aromatic N) is 2. The number of rotatable bonds is 4. The lowest BCUT2D eigenvalue weighted by molar-refractivity contribution is 0.0950. The van der Waals surface area contributed by atoms with Crippen LogP contribution in [0.2, 0.25) is 5.15 Å². The Morgan fingerprint density at radius 3 is 3.00 bits per heavy atom. The Kier molecular flexibility index (Phi) is 4.28. The average Bonchev–Trinajstić information content (AvgIpc) is 2.84. The number of carbonyl (C=O) groups excluding carboxylic acids is 1. The van der Waals surface area contributed by atoms with Gasteiger partial charge in [-0.15, -0.1) is 11.3 Å². The first-order valence-electron chi connectivity index (χ1n) is 5.53. The first kappa shape index (κ1) is 13.0.